The second kappa shape index (κ2) is 16.1. The topological polar surface area (TPSA) is 27.3 Å². The summed E-state index contributed by atoms with van der Waals surface area (Å²) in [5.41, 5.74) is 15.2. The van der Waals surface area contributed by atoms with Gasteiger partial charge in [-0.15, -0.1) is 0 Å². The van der Waals surface area contributed by atoms with Crippen molar-refractivity contribution in [3.63, 3.8) is 0 Å². The molecule has 0 aliphatic carbocycles. The number of benzene rings is 11. The summed E-state index contributed by atoms with van der Waals surface area (Å²) in [6, 6.07) is 79.3. The second-order valence-electron chi connectivity index (χ2n) is 18.7. The number of furan rings is 1. The summed E-state index contributed by atoms with van der Waals surface area (Å²) < 4.78 is 16.4. The van der Waals surface area contributed by atoms with Crippen LogP contribution in [-0.2, 0) is 0 Å². The predicted molar refractivity (Wildman–Crippen MR) is 294 cm³/mol. The Morgan fingerprint density at radius 2 is 0.900 bits per heavy atom. The van der Waals surface area contributed by atoms with Crippen molar-refractivity contribution in [2.75, 3.05) is 6.61 Å². The van der Waals surface area contributed by atoms with E-state index in [0.29, 0.717) is 6.61 Å². The molecule has 1 unspecified atom stereocenters. The molecule has 330 valence electrons. The van der Waals surface area contributed by atoms with Gasteiger partial charge in [0.1, 0.15) is 23.5 Å². The van der Waals surface area contributed by atoms with Crippen LogP contribution >= 0.6 is 0 Å². The molecule has 0 saturated heterocycles. The Morgan fingerprint density at radius 3 is 1.54 bits per heavy atom. The molecule has 2 aromatic heterocycles. The van der Waals surface area contributed by atoms with Crippen LogP contribution in [0.2, 0.25) is 0 Å². The molecule has 0 fully saturated rings. The van der Waals surface area contributed by atoms with Gasteiger partial charge in [-0.25, -0.2) is 0 Å². The first-order valence-electron chi connectivity index (χ1n) is 24.3. The van der Waals surface area contributed by atoms with E-state index in [1.807, 2.05) is 0 Å². The molecule has 3 nitrogen and oxygen atoms in total. The van der Waals surface area contributed by atoms with Crippen LogP contribution in [0.4, 0.5) is 0 Å². The molecule has 14 rings (SSSR count). The Hall–Kier alpha value is -8.92. The Kier molecular flexibility index (Phi) is 9.25. The summed E-state index contributed by atoms with van der Waals surface area (Å²) in [6.07, 6.45) is 6.66. The summed E-state index contributed by atoms with van der Waals surface area (Å²) in [5, 5.41) is 12.1. The highest BCUT2D eigenvalue weighted by Gasteiger charge is 2.22. The van der Waals surface area contributed by atoms with E-state index in [1.54, 1.807) is 0 Å². The second-order valence-corrected chi connectivity index (χ2v) is 18.7. The Morgan fingerprint density at radius 1 is 0.400 bits per heavy atom. The molecular formula is C67H45NO2. The number of fused-ring (bicyclic) bond motifs is 13. The van der Waals surface area contributed by atoms with Crippen LogP contribution in [0, 0.1) is 0 Å². The third-order valence-corrected chi connectivity index (χ3v) is 14.7. The monoisotopic (exact) mass is 895 g/mol. The van der Waals surface area contributed by atoms with Crippen molar-refractivity contribution in [3.8, 4) is 44.8 Å². The summed E-state index contributed by atoms with van der Waals surface area (Å²) in [6.45, 7) is 2.71. The maximum atomic E-state index is 6.98. The Balaban J connectivity index is 1.00. The Labute approximate surface area is 405 Å². The molecule has 11 aromatic carbocycles. The van der Waals surface area contributed by atoms with E-state index >= 15 is 0 Å². The van der Waals surface area contributed by atoms with Crippen LogP contribution in [0.25, 0.3) is 121 Å². The smallest absolute Gasteiger partial charge is 0.143 e. The molecule has 0 saturated carbocycles. The number of hydrogen-bond acceptors (Lipinski definition) is 2. The minimum absolute atomic E-state index is 0.152. The van der Waals surface area contributed by atoms with E-state index in [0.717, 1.165) is 88.9 Å². The number of nitrogens with zero attached hydrogens (tertiary/aromatic N) is 1. The van der Waals surface area contributed by atoms with Crippen LogP contribution < -0.4 is 4.74 Å². The molecule has 1 aliphatic rings. The highest BCUT2D eigenvalue weighted by molar-refractivity contribution is 6.26. The third-order valence-electron chi connectivity index (χ3n) is 14.7. The van der Waals surface area contributed by atoms with E-state index in [9.17, 15) is 0 Å². The Bertz CT molecular complexity index is 4270. The van der Waals surface area contributed by atoms with Crippen LogP contribution in [0.15, 0.2) is 241 Å². The van der Waals surface area contributed by atoms with Crippen molar-refractivity contribution >= 4 is 81.6 Å². The van der Waals surface area contributed by atoms with E-state index < -0.39 is 0 Å². The van der Waals surface area contributed by atoms with E-state index in [2.05, 4.69) is 248 Å². The SMILES string of the molecule is CC1/C=C\C=C(\c2ccccc2)COc2c(-c3ccc4c5ccc(-c6cccc7c6oc6c(-c8ccccc8)cccc67)cc5n(-c5ccc6c7ccccc7c7ccccc7c6c5)c4c3)cccc21. The van der Waals surface area contributed by atoms with Gasteiger partial charge in [-0.3, -0.25) is 0 Å². The highest BCUT2D eigenvalue weighted by Crippen LogP contribution is 2.45. The number of rotatable bonds is 5. The number of ether oxygens (including phenoxy) is 1. The normalized spacial score (nSPS) is 15.2. The van der Waals surface area contributed by atoms with Crippen molar-refractivity contribution in [2.24, 2.45) is 0 Å². The summed E-state index contributed by atoms with van der Waals surface area (Å²) >= 11 is 0. The lowest BCUT2D eigenvalue weighted by molar-refractivity contribution is 0.366. The molecule has 0 amide bonds. The quantitative estimate of drug-likeness (QED) is 0.161. The fraction of sp³-hybridized carbons (Fsp3) is 0.0448. The van der Waals surface area contributed by atoms with Crippen molar-refractivity contribution in [3.05, 3.63) is 248 Å². The van der Waals surface area contributed by atoms with E-state index in [4.69, 9.17) is 9.15 Å². The van der Waals surface area contributed by atoms with Crippen molar-refractivity contribution < 1.29 is 9.15 Å². The van der Waals surface area contributed by atoms with Crippen LogP contribution in [0.1, 0.15) is 24.0 Å². The van der Waals surface area contributed by atoms with Gasteiger partial charge in [-0.05, 0) is 84.4 Å². The largest absolute Gasteiger partial charge is 0.488 e. The number of allylic oxidation sites excluding steroid dienone is 3. The number of hydrogen-bond donors (Lipinski definition) is 0. The van der Waals surface area contributed by atoms with Gasteiger partial charge in [0.2, 0.25) is 0 Å². The lowest BCUT2D eigenvalue weighted by Crippen LogP contribution is -2.05. The molecule has 70 heavy (non-hydrogen) atoms. The maximum absolute atomic E-state index is 6.98. The van der Waals surface area contributed by atoms with E-state index in [-0.39, 0.29) is 5.92 Å². The first kappa shape index (κ1) is 40.2. The molecule has 3 heterocycles. The number of aromatic nitrogens is 1. The third kappa shape index (κ3) is 6.36. The van der Waals surface area contributed by atoms with Gasteiger partial charge in [-0.1, -0.05) is 219 Å². The zero-order valence-electron chi connectivity index (χ0n) is 38.6. The first-order valence-corrected chi connectivity index (χ1v) is 24.3. The molecule has 0 bridgehead atoms. The van der Waals surface area contributed by atoms with Crippen LogP contribution in [0.3, 0.4) is 0 Å². The van der Waals surface area contributed by atoms with Crippen LogP contribution in [0.5, 0.6) is 5.75 Å². The van der Waals surface area contributed by atoms with Gasteiger partial charge in [0.25, 0.3) is 0 Å². The minimum Gasteiger partial charge on any atom is -0.488 e. The average molecular weight is 896 g/mol. The predicted octanol–water partition coefficient (Wildman–Crippen LogP) is 18.3. The molecule has 0 radical (unpaired) electrons. The maximum Gasteiger partial charge on any atom is 0.143 e. The molecule has 1 aliphatic heterocycles. The molecule has 0 spiro atoms. The molecular weight excluding hydrogens is 851 g/mol. The van der Waals surface area contributed by atoms with E-state index in [1.165, 1.54) is 48.7 Å². The van der Waals surface area contributed by atoms with Crippen molar-refractivity contribution in [1.29, 1.82) is 0 Å². The average Bonchev–Trinajstić information content (AvgIpc) is 3.99. The fourth-order valence-corrected chi connectivity index (χ4v) is 11.3. The summed E-state index contributed by atoms with van der Waals surface area (Å²) in [7, 11) is 0. The van der Waals surface area contributed by atoms with Gasteiger partial charge in [0.15, 0.2) is 0 Å². The lowest BCUT2D eigenvalue weighted by atomic mass is 9.93. The van der Waals surface area contributed by atoms with Gasteiger partial charge < -0.3 is 13.7 Å². The van der Waals surface area contributed by atoms with Gasteiger partial charge >= 0.3 is 0 Å². The molecule has 0 N–H and O–H groups in total. The number of para-hydroxylation sites is 3. The molecule has 13 aromatic rings. The van der Waals surface area contributed by atoms with Crippen molar-refractivity contribution in [1.82, 2.24) is 4.57 Å². The fourth-order valence-electron chi connectivity index (χ4n) is 11.3. The molecule has 3 heteroatoms. The zero-order valence-corrected chi connectivity index (χ0v) is 38.6. The zero-order chi connectivity index (χ0) is 46.3. The first-order chi connectivity index (χ1) is 34.6. The highest BCUT2D eigenvalue weighted by atomic mass is 16.5. The molecule has 1 atom stereocenters. The standard InChI is InChI=1S/C67H45NO2/c1-42-16-12-21-47(43-17-4-2-5-18-43)41-69-65-49(42)26-13-28-51(65)45-32-35-58-59-36-33-46(52-29-15-31-61-60-30-14-27-50(66(60)70-67(52)61)44-19-6-3-7-20-44)39-64(59)68(63(58)38-45)48-34-37-57-55-24-9-8-22-53(55)54-23-10-11-25-56(54)62(57)40-48/h2-40,42H,41H2,1H3/b16-12-,47-21+. The van der Waals surface area contributed by atoms with Crippen LogP contribution in [-0.4, -0.2) is 11.2 Å². The summed E-state index contributed by atoms with van der Waals surface area (Å²) in [4.78, 5) is 0. The summed E-state index contributed by atoms with van der Waals surface area (Å²) in [5.74, 6) is 1.07. The van der Waals surface area contributed by atoms with Crippen molar-refractivity contribution in [2.45, 2.75) is 12.8 Å². The minimum atomic E-state index is 0.152. The lowest BCUT2D eigenvalue weighted by Gasteiger charge is -2.19. The van der Waals surface area contributed by atoms with Gasteiger partial charge in [-0.2, -0.15) is 0 Å². The van der Waals surface area contributed by atoms with Gasteiger partial charge in [0.05, 0.1) is 11.0 Å². The van der Waals surface area contributed by atoms with Gasteiger partial charge in [0, 0.05) is 55.4 Å².